The van der Waals surface area contributed by atoms with Crippen molar-refractivity contribution in [3.05, 3.63) is 65.2 Å². The maximum absolute atomic E-state index is 11.9. The quantitative estimate of drug-likeness (QED) is 0.297. The summed E-state index contributed by atoms with van der Waals surface area (Å²) in [5.74, 6) is 1.32. The number of anilines is 2. The molecule has 0 radical (unpaired) electrons. The molecule has 37 heavy (non-hydrogen) atoms. The van der Waals surface area contributed by atoms with Crippen molar-refractivity contribution in [3.8, 4) is 11.4 Å². The molecule has 0 bridgehead atoms. The first-order valence-electron chi connectivity index (χ1n) is 12.3. The fourth-order valence-corrected chi connectivity index (χ4v) is 5.50. The van der Waals surface area contributed by atoms with E-state index in [1.165, 1.54) is 0 Å². The minimum Gasteiger partial charge on any atom is -0.462 e. The highest BCUT2D eigenvalue weighted by Crippen LogP contribution is 2.36. The zero-order valence-electron chi connectivity index (χ0n) is 20.4. The van der Waals surface area contributed by atoms with Crippen LogP contribution < -0.4 is 10.2 Å². The molecule has 2 N–H and O–H groups in total. The number of carbonyl (C=O) groups is 1. The van der Waals surface area contributed by atoms with E-state index in [2.05, 4.69) is 26.5 Å². The number of fused-ring (bicyclic) bond motifs is 2. The van der Waals surface area contributed by atoms with Crippen LogP contribution in [0.4, 0.5) is 11.5 Å². The maximum atomic E-state index is 11.9. The van der Waals surface area contributed by atoms with Crippen LogP contribution in [0.3, 0.4) is 0 Å². The lowest BCUT2D eigenvalue weighted by atomic mass is 10.1. The molecule has 1 aliphatic rings. The molecule has 1 aliphatic heterocycles. The van der Waals surface area contributed by atoms with Gasteiger partial charge in [0.05, 0.1) is 47.3 Å². The second kappa shape index (κ2) is 10.2. The van der Waals surface area contributed by atoms with Gasteiger partial charge >= 0.3 is 5.97 Å². The number of carbonyl (C=O) groups excluding carboxylic acids is 1. The lowest BCUT2D eigenvalue weighted by Gasteiger charge is -2.28. The Morgan fingerprint density at radius 3 is 2.81 bits per heavy atom. The molecule has 6 rings (SSSR count). The molecule has 188 valence electrons. The second-order valence-corrected chi connectivity index (χ2v) is 9.82. The number of hydrogen-bond donors (Lipinski definition) is 2. The molecule has 3 aromatic heterocycles. The number of rotatable bonds is 7. The number of aromatic amines is 1. The molecular formula is C27H26N6O3S. The Kier molecular flexibility index (Phi) is 6.42. The van der Waals surface area contributed by atoms with Gasteiger partial charge in [-0.2, -0.15) is 5.10 Å². The molecule has 1 saturated heterocycles. The third kappa shape index (κ3) is 4.73. The first-order chi connectivity index (χ1) is 18.2. The van der Waals surface area contributed by atoms with Crippen molar-refractivity contribution in [2.24, 2.45) is 0 Å². The van der Waals surface area contributed by atoms with Crippen LogP contribution in [0.5, 0.6) is 0 Å². The molecule has 0 amide bonds. The fourth-order valence-electron chi connectivity index (χ4n) is 4.45. The van der Waals surface area contributed by atoms with Crippen LogP contribution in [-0.4, -0.2) is 59.0 Å². The van der Waals surface area contributed by atoms with Gasteiger partial charge in [-0.15, -0.1) is 11.3 Å². The summed E-state index contributed by atoms with van der Waals surface area (Å²) in [6.07, 6.45) is 1.82. The van der Waals surface area contributed by atoms with Gasteiger partial charge in [-0.25, -0.2) is 14.8 Å². The van der Waals surface area contributed by atoms with Crippen molar-refractivity contribution in [1.82, 2.24) is 20.2 Å². The van der Waals surface area contributed by atoms with Gasteiger partial charge in [0.1, 0.15) is 0 Å². The predicted octanol–water partition coefficient (Wildman–Crippen LogP) is 4.86. The summed E-state index contributed by atoms with van der Waals surface area (Å²) in [6, 6.07) is 15.5. The number of morpholine rings is 1. The van der Waals surface area contributed by atoms with Gasteiger partial charge in [-0.3, -0.25) is 5.10 Å². The highest BCUT2D eigenvalue weighted by molar-refractivity contribution is 7.19. The molecule has 2 aromatic carbocycles. The Bertz CT molecular complexity index is 1560. The van der Waals surface area contributed by atoms with Crippen LogP contribution in [0, 0.1) is 0 Å². The number of esters is 1. The zero-order valence-corrected chi connectivity index (χ0v) is 21.2. The molecule has 0 unspecified atom stereocenters. The lowest BCUT2D eigenvalue weighted by Crippen LogP contribution is -2.36. The summed E-state index contributed by atoms with van der Waals surface area (Å²) in [5.41, 5.74) is 4.30. The standard InChI is InChI=1S/C27H26N6O3S/c1-2-36-27(34)17-6-8-18(9-7-17)28-15-19-14-23-24(37-19)26(33-10-12-35-13-11-33)31-25(30-23)20-4-3-5-22-21(20)16-29-32-22/h3-9,14,16,28H,2,10-13,15H2,1H3,(H,29,32). The summed E-state index contributed by atoms with van der Waals surface area (Å²) < 4.78 is 11.7. The fraction of sp³-hybridized carbons (Fsp3) is 0.259. The summed E-state index contributed by atoms with van der Waals surface area (Å²) >= 11 is 1.70. The van der Waals surface area contributed by atoms with E-state index < -0.39 is 0 Å². The van der Waals surface area contributed by atoms with Crippen LogP contribution >= 0.6 is 11.3 Å². The normalized spacial score (nSPS) is 13.8. The van der Waals surface area contributed by atoms with Gasteiger partial charge < -0.3 is 19.7 Å². The van der Waals surface area contributed by atoms with Crippen LogP contribution in [0.25, 0.3) is 32.5 Å². The molecule has 0 aliphatic carbocycles. The summed E-state index contributed by atoms with van der Waals surface area (Å²) in [5, 5.41) is 11.7. The molecule has 1 fully saturated rings. The number of nitrogens with zero attached hydrogens (tertiary/aromatic N) is 4. The summed E-state index contributed by atoms with van der Waals surface area (Å²) in [7, 11) is 0. The van der Waals surface area contributed by atoms with Crippen LogP contribution in [0.1, 0.15) is 22.2 Å². The Hall–Kier alpha value is -4.02. The molecular weight excluding hydrogens is 488 g/mol. The molecule has 10 heteroatoms. The molecule has 4 heterocycles. The van der Waals surface area contributed by atoms with E-state index in [0.717, 1.165) is 56.2 Å². The topological polar surface area (TPSA) is 105 Å². The first kappa shape index (κ1) is 23.4. The number of hydrogen-bond acceptors (Lipinski definition) is 9. The van der Waals surface area contributed by atoms with E-state index in [1.807, 2.05) is 36.5 Å². The van der Waals surface area contributed by atoms with E-state index in [4.69, 9.17) is 19.4 Å². The minimum absolute atomic E-state index is 0.310. The number of nitrogens with one attached hydrogen (secondary N) is 2. The van der Waals surface area contributed by atoms with E-state index in [9.17, 15) is 4.79 Å². The van der Waals surface area contributed by atoms with Gasteiger partial charge in [0.15, 0.2) is 11.6 Å². The van der Waals surface area contributed by atoms with Crippen molar-refractivity contribution in [2.45, 2.75) is 13.5 Å². The van der Waals surface area contributed by atoms with Gasteiger partial charge in [-0.05, 0) is 43.3 Å². The van der Waals surface area contributed by atoms with Crippen LogP contribution in [-0.2, 0) is 16.0 Å². The molecule has 9 nitrogen and oxygen atoms in total. The highest BCUT2D eigenvalue weighted by atomic mass is 32.1. The number of benzene rings is 2. The smallest absolute Gasteiger partial charge is 0.338 e. The van der Waals surface area contributed by atoms with E-state index >= 15 is 0 Å². The van der Waals surface area contributed by atoms with Crippen molar-refractivity contribution in [3.63, 3.8) is 0 Å². The predicted molar refractivity (Wildman–Crippen MR) is 145 cm³/mol. The van der Waals surface area contributed by atoms with Gasteiger partial charge in [-0.1, -0.05) is 12.1 Å². The minimum atomic E-state index is -0.310. The summed E-state index contributed by atoms with van der Waals surface area (Å²) in [6.45, 7) is 5.74. The number of aromatic nitrogens is 4. The average Bonchev–Trinajstić information content (AvgIpc) is 3.59. The summed E-state index contributed by atoms with van der Waals surface area (Å²) in [4.78, 5) is 25.4. The molecule has 0 spiro atoms. The Morgan fingerprint density at radius 1 is 1.16 bits per heavy atom. The van der Waals surface area contributed by atoms with Crippen LogP contribution in [0.15, 0.2) is 54.7 Å². The third-order valence-electron chi connectivity index (χ3n) is 6.30. The monoisotopic (exact) mass is 514 g/mol. The number of thiophene rings is 1. The molecule has 0 atom stereocenters. The van der Waals surface area contributed by atoms with Crippen molar-refractivity contribution in [2.75, 3.05) is 43.1 Å². The molecule has 5 aromatic rings. The Labute approximate surface area is 217 Å². The average molecular weight is 515 g/mol. The second-order valence-electron chi connectivity index (χ2n) is 8.69. The van der Waals surface area contributed by atoms with E-state index in [1.54, 1.807) is 30.4 Å². The number of H-pyrrole nitrogens is 1. The van der Waals surface area contributed by atoms with Crippen LogP contribution in [0.2, 0.25) is 0 Å². The Balaban J connectivity index is 1.32. The Morgan fingerprint density at radius 2 is 2.00 bits per heavy atom. The highest BCUT2D eigenvalue weighted by Gasteiger charge is 2.21. The number of ether oxygens (including phenoxy) is 2. The van der Waals surface area contributed by atoms with Gasteiger partial charge in [0.25, 0.3) is 0 Å². The van der Waals surface area contributed by atoms with Crippen molar-refractivity contribution < 1.29 is 14.3 Å². The van der Waals surface area contributed by atoms with E-state index in [-0.39, 0.29) is 5.97 Å². The van der Waals surface area contributed by atoms with Crippen molar-refractivity contribution in [1.29, 1.82) is 0 Å². The largest absolute Gasteiger partial charge is 0.462 e. The first-order valence-corrected chi connectivity index (χ1v) is 13.1. The van der Waals surface area contributed by atoms with Crippen molar-refractivity contribution >= 4 is 49.9 Å². The maximum Gasteiger partial charge on any atom is 0.338 e. The zero-order chi connectivity index (χ0) is 25.2. The van der Waals surface area contributed by atoms with Gasteiger partial charge in [0.2, 0.25) is 0 Å². The molecule has 0 saturated carbocycles. The van der Waals surface area contributed by atoms with Gasteiger partial charge in [0, 0.05) is 41.1 Å². The van der Waals surface area contributed by atoms with E-state index in [0.29, 0.717) is 37.8 Å². The lowest BCUT2D eigenvalue weighted by molar-refractivity contribution is 0.0526. The SMILES string of the molecule is CCOC(=O)c1ccc(NCc2cc3nc(-c4cccc5[nH]ncc45)nc(N4CCOCC4)c3s2)cc1. The third-order valence-corrected chi connectivity index (χ3v) is 7.42.